The lowest BCUT2D eigenvalue weighted by molar-refractivity contribution is -0.115. The third kappa shape index (κ3) is 12.3. The Bertz CT molecular complexity index is 364. The van der Waals surface area contributed by atoms with Gasteiger partial charge in [0.15, 0.2) is 0 Å². The Labute approximate surface area is 111 Å². The molecule has 0 fully saturated rings. The summed E-state index contributed by atoms with van der Waals surface area (Å²) in [7, 11) is 0. The lowest BCUT2D eigenvalue weighted by Crippen LogP contribution is -2.25. The molecule has 2 nitrogen and oxygen atoms in total. The molecule has 0 atom stereocenters. The normalized spacial score (nSPS) is 11.3. The molecule has 1 N–H and O–H groups in total. The van der Waals surface area contributed by atoms with Gasteiger partial charge in [-0.15, -0.1) is 0 Å². The molecule has 0 aliphatic carbocycles. The Morgan fingerprint density at radius 3 is 2.61 bits per heavy atom. The number of rotatable bonds is 6. The molecule has 1 amide bonds. The predicted molar refractivity (Wildman–Crippen MR) is 78.0 cm³/mol. The van der Waals surface area contributed by atoms with Gasteiger partial charge in [0.25, 0.3) is 5.91 Å². The van der Waals surface area contributed by atoms with Crippen molar-refractivity contribution in [2.24, 2.45) is 5.92 Å². The number of nitrogens with one attached hydrogen (secondary N) is 1. The van der Waals surface area contributed by atoms with Crippen LogP contribution in [0.1, 0.15) is 33.6 Å². The van der Waals surface area contributed by atoms with E-state index in [-0.39, 0.29) is 5.91 Å². The van der Waals surface area contributed by atoms with E-state index in [2.05, 4.69) is 31.0 Å². The van der Waals surface area contributed by atoms with Crippen LogP contribution < -0.4 is 5.32 Å². The van der Waals surface area contributed by atoms with Crippen molar-refractivity contribution in [2.45, 2.75) is 33.6 Å². The Morgan fingerprint density at radius 2 is 1.94 bits per heavy atom. The van der Waals surface area contributed by atoms with E-state index in [9.17, 15) is 4.79 Å². The molecule has 0 aromatic rings. The first-order chi connectivity index (χ1) is 8.66. The zero-order valence-electron chi connectivity index (χ0n) is 11.6. The molecule has 0 heterocycles. The molecular weight excluding hydrogens is 222 g/mol. The largest absolute Gasteiger partial charge is 0.345 e. The Morgan fingerprint density at radius 1 is 1.22 bits per heavy atom. The van der Waals surface area contributed by atoms with Crippen LogP contribution >= 0.6 is 0 Å². The van der Waals surface area contributed by atoms with Crippen LogP contribution in [0.3, 0.4) is 0 Å². The minimum absolute atomic E-state index is 0.180. The molecule has 0 saturated carbocycles. The van der Waals surface area contributed by atoms with Gasteiger partial charge in [-0.05, 0) is 25.2 Å². The SMILES string of the molecule is C/C=C/C=C/C=C\CCC#CC(=O)NCC(C)C. The molecular formula is C16H23NO. The topological polar surface area (TPSA) is 29.1 Å². The van der Waals surface area contributed by atoms with Crippen LogP contribution in [0.4, 0.5) is 0 Å². The summed E-state index contributed by atoms with van der Waals surface area (Å²) in [5.41, 5.74) is 0. The third-order valence-electron chi connectivity index (χ3n) is 1.97. The van der Waals surface area contributed by atoms with Gasteiger partial charge in [-0.1, -0.05) is 56.2 Å². The van der Waals surface area contributed by atoms with Crippen molar-refractivity contribution in [2.75, 3.05) is 6.54 Å². The van der Waals surface area contributed by atoms with Gasteiger partial charge in [-0.25, -0.2) is 0 Å². The molecule has 0 unspecified atom stereocenters. The number of hydrogen-bond acceptors (Lipinski definition) is 1. The van der Waals surface area contributed by atoms with E-state index in [0.717, 1.165) is 6.42 Å². The van der Waals surface area contributed by atoms with Crippen LogP contribution in [0, 0.1) is 17.8 Å². The van der Waals surface area contributed by atoms with Gasteiger partial charge in [0.1, 0.15) is 0 Å². The fraction of sp³-hybridized carbons (Fsp3) is 0.438. The molecule has 2 heteroatoms. The van der Waals surface area contributed by atoms with E-state index >= 15 is 0 Å². The molecule has 0 aliphatic rings. The first-order valence-corrected chi connectivity index (χ1v) is 6.38. The zero-order valence-corrected chi connectivity index (χ0v) is 11.6. The van der Waals surface area contributed by atoms with E-state index < -0.39 is 0 Å². The van der Waals surface area contributed by atoms with E-state index in [1.807, 2.05) is 43.4 Å². The zero-order chi connectivity index (χ0) is 13.6. The van der Waals surface area contributed by atoms with Crippen LogP contribution in [0.2, 0.25) is 0 Å². The van der Waals surface area contributed by atoms with Gasteiger partial charge in [0.05, 0.1) is 0 Å². The summed E-state index contributed by atoms with van der Waals surface area (Å²) in [4.78, 5) is 11.2. The monoisotopic (exact) mass is 245 g/mol. The molecule has 0 saturated heterocycles. The molecule has 0 aromatic carbocycles. The summed E-state index contributed by atoms with van der Waals surface area (Å²) in [5, 5.41) is 2.76. The van der Waals surface area contributed by atoms with Crippen LogP contribution in [0.15, 0.2) is 36.5 Å². The number of amides is 1. The quantitative estimate of drug-likeness (QED) is 0.434. The molecule has 0 spiro atoms. The van der Waals surface area contributed by atoms with Gasteiger partial charge in [0.2, 0.25) is 0 Å². The first kappa shape index (κ1) is 16.2. The van der Waals surface area contributed by atoms with Crippen molar-refractivity contribution in [3.05, 3.63) is 36.5 Å². The van der Waals surface area contributed by atoms with E-state index in [1.165, 1.54) is 0 Å². The fourth-order valence-electron chi connectivity index (χ4n) is 1.05. The highest BCUT2D eigenvalue weighted by Crippen LogP contribution is 1.90. The molecule has 0 aromatic heterocycles. The second-order valence-corrected chi connectivity index (χ2v) is 4.28. The summed E-state index contributed by atoms with van der Waals surface area (Å²) in [6.45, 7) is 6.77. The summed E-state index contributed by atoms with van der Waals surface area (Å²) in [6, 6.07) is 0. The Kier molecular flexibility index (Phi) is 10.6. The van der Waals surface area contributed by atoms with Gasteiger partial charge in [0, 0.05) is 13.0 Å². The van der Waals surface area contributed by atoms with Crippen molar-refractivity contribution in [3.8, 4) is 11.8 Å². The summed E-state index contributed by atoms with van der Waals surface area (Å²) < 4.78 is 0. The van der Waals surface area contributed by atoms with Crippen molar-refractivity contribution in [1.82, 2.24) is 5.32 Å². The molecule has 18 heavy (non-hydrogen) atoms. The van der Waals surface area contributed by atoms with Crippen molar-refractivity contribution in [1.29, 1.82) is 0 Å². The maximum atomic E-state index is 11.2. The average molecular weight is 245 g/mol. The lowest BCUT2D eigenvalue weighted by Gasteiger charge is -2.02. The van der Waals surface area contributed by atoms with E-state index in [4.69, 9.17) is 0 Å². The summed E-state index contributed by atoms with van der Waals surface area (Å²) in [5.74, 6) is 5.73. The molecule has 0 radical (unpaired) electrons. The smallest absolute Gasteiger partial charge is 0.295 e. The van der Waals surface area contributed by atoms with Crippen molar-refractivity contribution >= 4 is 5.91 Å². The maximum Gasteiger partial charge on any atom is 0.295 e. The lowest BCUT2D eigenvalue weighted by atomic mass is 10.2. The highest BCUT2D eigenvalue weighted by atomic mass is 16.1. The molecule has 0 aliphatic heterocycles. The standard InChI is InChI=1S/C16H23NO/c1-4-5-6-7-8-9-10-11-12-13-16(18)17-14-15(2)3/h4-9,15H,10-11,14H2,1-3H3,(H,17,18)/b5-4+,7-6+,9-8-. The second kappa shape index (κ2) is 11.7. The van der Waals surface area contributed by atoms with Crippen LogP contribution in [0.25, 0.3) is 0 Å². The highest BCUT2D eigenvalue weighted by molar-refractivity contribution is 5.93. The minimum atomic E-state index is -0.180. The number of carbonyl (C=O) groups excluding carboxylic acids is 1. The van der Waals surface area contributed by atoms with Gasteiger partial charge < -0.3 is 5.32 Å². The minimum Gasteiger partial charge on any atom is -0.345 e. The second-order valence-electron chi connectivity index (χ2n) is 4.28. The van der Waals surface area contributed by atoms with Crippen molar-refractivity contribution < 1.29 is 4.79 Å². The first-order valence-electron chi connectivity index (χ1n) is 6.38. The van der Waals surface area contributed by atoms with Gasteiger partial charge in [-0.2, -0.15) is 0 Å². The molecule has 0 rings (SSSR count). The highest BCUT2D eigenvalue weighted by Gasteiger charge is 1.96. The average Bonchev–Trinajstić information content (AvgIpc) is 2.34. The van der Waals surface area contributed by atoms with Crippen LogP contribution in [-0.4, -0.2) is 12.5 Å². The summed E-state index contributed by atoms with van der Waals surface area (Å²) >= 11 is 0. The van der Waals surface area contributed by atoms with Crippen LogP contribution in [-0.2, 0) is 4.79 Å². The molecule has 98 valence electrons. The third-order valence-corrected chi connectivity index (χ3v) is 1.97. The Hall–Kier alpha value is -1.75. The van der Waals surface area contributed by atoms with Crippen LogP contribution in [0.5, 0.6) is 0 Å². The van der Waals surface area contributed by atoms with Gasteiger partial charge >= 0.3 is 0 Å². The maximum absolute atomic E-state index is 11.2. The number of allylic oxidation sites excluding steroid dienone is 6. The summed E-state index contributed by atoms with van der Waals surface area (Å²) in [6.07, 6.45) is 13.5. The van der Waals surface area contributed by atoms with Gasteiger partial charge in [-0.3, -0.25) is 4.79 Å². The van der Waals surface area contributed by atoms with E-state index in [0.29, 0.717) is 18.9 Å². The number of unbranched alkanes of at least 4 members (excludes halogenated alkanes) is 1. The molecule has 0 bridgehead atoms. The fourth-order valence-corrected chi connectivity index (χ4v) is 1.05. The number of carbonyl (C=O) groups is 1. The predicted octanol–water partition coefficient (Wildman–Crippen LogP) is 3.23. The Balaban J connectivity index is 3.68. The van der Waals surface area contributed by atoms with E-state index in [1.54, 1.807) is 0 Å². The van der Waals surface area contributed by atoms with Crippen molar-refractivity contribution in [3.63, 3.8) is 0 Å². The number of hydrogen-bond donors (Lipinski definition) is 1.